The molecule has 0 bridgehead atoms. The van der Waals surface area contributed by atoms with Gasteiger partial charge in [-0.3, -0.25) is 14.4 Å². The maximum atomic E-state index is 13.1. The van der Waals surface area contributed by atoms with Crippen molar-refractivity contribution in [2.45, 2.75) is 49.6 Å². The third-order valence-corrected chi connectivity index (χ3v) is 8.95. The molecule has 2 aliphatic carbocycles. The predicted octanol–water partition coefficient (Wildman–Crippen LogP) is 0.497. The van der Waals surface area contributed by atoms with Gasteiger partial charge in [-0.25, -0.2) is 4.79 Å². The van der Waals surface area contributed by atoms with Gasteiger partial charge in [-0.05, 0) is 91.1 Å². The summed E-state index contributed by atoms with van der Waals surface area (Å²) in [5.41, 5.74) is 14.1. The van der Waals surface area contributed by atoms with E-state index in [0.717, 1.165) is 35.1 Å². The Morgan fingerprint density at radius 3 is 2.21 bits per heavy atom. The Morgan fingerprint density at radius 1 is 1.07 bits per heavy atom. The van der Waals surface area contributed by atoms with Crippen molar-refractivity contribution >= 4 is 17.7 Å². The highest BCUT2D eigenvalue weighted by atomic mass is 16.5. The SMILES string of the molecule is Cn1oc(=O)nc1C1(CCNCC(=O)N2[C@H](C#N)C[C@@H]3C[C@@H]32)c2ccc(C(N)=O)cc2CCc2cc(C(N)=O)ccc21. The average molecular weight is 570 g/mol. The number of benzene rings is 2. The molecule has 0 unspecified atom stereocenters. The van der Waals surface area contributed by atoms with E-state index in [9.17, 15) is 24.4 Å². The first-order chi connectivity index (χ1) is 20.1. The van der Waals surface area contributed by atoms with E-state index < -0.39 is 29.0 Å². The predicted molar refractivity (Wildman–Crippen MR) is 149 cm³/mol. The van der Waals surface area contributed by atoms with E-state index in [0.29, 0.717) is 48.7 Å². The van der Waals surface area contributed by atoms with E-state index in [4.69, 9.17) is 16.0 Å². The summed E-state index contributed by atoms with van der Waals surface area (Å²) in [4.78, 5) is 55.7. The van der Waals surface area contributed by atoms with Gasteiger partial charge in [0.25, 0.3) is 0 Å². The van der Waals surface area contributed by atoms with Crippen molar-refractivity contribution in [3.8, 4) is 6.07 Å². The second-order valence-corrected chi connectivity index (χ2v) is 11.3. The maximum Gasteiger partial charge on any atom is 0.459 e. The van der Waals surface area contributed by atoms with Crippen molar-refractivity contribution in [2.75, 3.05) is 13.1 Å². The topological polar surface area (TPSA) is 190 Å². The summed E-state index contributed by atoms with van der Waals surface area (Å²) in [7, 11) is 1.60. The molecule has 0 radical (unpaired) electrons. The molecule has 6 rings (SSSR count). The standard InChI is InChI=1S/C30H31N7O5/c1-36-28(35-29(41)42-36)30(8-9-34-15-25(38)37-21(14-31)12-20-13-24(20)37)22-6-4-18(26(32)39)10-16(22)2-3-17-11-19(27(33)40)5-7-23(17)30/h4-7,10-11,20-21,24,34H,2-3,8-9,12-13,15H2,1H3,(H2,32,39)(H2,33,40)/t20-,21+,24+/m1/s1. The quantitative estimate of drug-likeness (QED) is 0.327. The number of carbonyl (C=O) groups is 3. The molecule has 2 aromatic carbocycles. The summed E-state index contributed by atoms with van der Waals surface area (Å²) < 4.78 is 6.67. The monoisotopic (exact) mass is 569 g/mol. The summed E-state index contributed by atoms with van der Waals surface area (Å²) in [6.07, 6.45) is 3.07. The molecule has 3 aliphatic rings. The average Bonchev–Trinajstić information content (AvgIpc) is 3.54. The number of nitriles is 1. The van der Waals surface area contributed by atoms with Crippen LogP contribution in [0.2, 0.25) is 0 Å². The molecule has 12 nitrogen and oxygen atoms in total. The number of piperidine rings is 1. The summed E-state index contributed by atoms with van der Waals surface area (Å²) in [5.74, 6) is -1.25. The molecule has 216 valence electrons. The number of likely N-dealkylation sites (tertiary alicyclic amines) is 1. The fourth-order valence-corrected chi connectivity index (χ4v) is 6.97. The van der Waals surface area contributed by atoms with Crippen LogP contribution in [0.25, 0.3) is 0 Å². The fourth-order valence-electron chi connectivity index (χ4n) is 6.97. The van der Waals surface area contributed by atoms with Crippen LogP contribution in [0.1, 0.15) is 68.1 Å². The summed E-state index contributed by atoms with van der Waals surface area (Å²) >= 11 is 0. The molecule has 5 N–H and O–H groups in total. The van der Waals surface area contributed by atoms with Crippen molar-refractivity contribution < 1.29 is 18.9 Å². The van der Waals surface area contributed by atoms with E-state index >= 15 is 0 Å². The first-order valence-corrected chi connectivity index (χ1v) is 14.0. The Kier molecular flexibility index (Phi) is 6.69. The Balaban J connectivity index is 1.42. The second-order valence-electron chi connectivity index (χ2n) is 11.3. The van der Waals surface area contributed by atoms with E-state index in [2.05, 4.69) is 16.4 Å². The zero-order valence-corrected chi connectivity index (χ0v) is 23.1. The summed E-state index contributed by atoms with van der Waals surface area (Å²) in [6, 6.07) is 12.5. The minimum absolute atomic E-state index is 0.0518. The van der Waals surface area contributed by atoms with Gasteiger partial charge in [0, 0.05) is 24.2 Å². The van der Waals surface area contributed by atoms with Crippen LogP contribution in [0, 0.1) is 17.2 Å². The van der Waals surface area contributed by atoms with Crippen LogP contribution < -0.4 is 22.5 Å². The van der Waals surface area contributed by atoms with Crippen LogP contribution in [0.3, 0.4) is 0 Å². The van der Waals surface area contributed by atoms with E-state index in [1.54, 1.807) is 36.2 Å². The smallest absolute Gasteiger partial charge is 0.366 e. The molecule has 0 spiro atoms. The first kappa shape index (κ1) is 27.4. The van der Waals surface area contributed by atoms with E-state index in [1.165, 1.54) is 4.74 Å². The minimum atomic E-state index is -1.06. The van der Waals surface area contributed by atoms with Crippen LogP contribution in [-0.2, 0) is 30.1 Å². The lowest BCUT2D eigenvalue weighted by Crippen LogP contribution is -2.44. The molecule has 2 heterocycles. The number of hydrogen-bond donors (Lipinski definition) is 3. The van der Waals surface area contributed by atoms with Gasteiger partial charge in [-0.2, -0.15) is 15.0 Å². The Morgan fingerprint density at radius 2 is 1.69 bits per heavy atom. The van der Waals surface area contributed by atoms with Crippen LogP contribution in [0.15, 0.2) is 45.7 Å². The van der Waals surface area contributed by atoms with Gasteiger partial charge in [0.2, 0.25) is 17.7 Å². The molecule has 3 atom stereocenters. The summed E-state index contributed by atoms with van der Waals surface area (Å²) in [5, 5.41) is 12.8. The van der Waals surface area contributed by atoms with Crippen molar-refractivity contribution in [3.63, 3.8) is 0 Å². The van der Waals surface area contributed by atoms with Crippen LogP contribution in [0.5, 0.6) is 0 Å². The third kappa shape index (κ3) is 4.46. The zero-order chi connectivity index (χ0) is 29.8. The molecule has 3 aromatic rings. The molecular weight excluding hydrogens is 538 g/mol. The van der Waals surface area contributed by atoms with Gasteiger partial charge in [0.05, 0.1) is 18.0 Å². The number of nitrogens with one attached hydrogen (secondary N) is 1. The molecule has 1 aliphatic heterocycles. The van der Waals surface area contributed by atoms with Crippen molar-refractivity contribution in [1.82, 2.24) is 19.9 Å². The fraction of sp³-hybridized carbons (Fsp3) is 0.400. The second kappa shape index (κ2) is 10.3. The number of hydrogen-bond acceptors (Lipinski definition) is 8. The Labute approximate surface area is 241 Å². The number of aryl methyl sites for hydroxylation is 3. The Hall–Kier alpha value is -4.76. The number of nitrogens with two attached hydrogens (primary N) is 2. The van der Waals surface area contributed by atoms with Crippen molar-refractivity contribution in [2.24, 2.45) is 24.4 Å². The first-order valence-electron chi connectivity index (χ1n) is 14.0. The highest BCUT2D eigenvalue weighted by Gasteiger charge is 2.54. The van der Waals surface area contributed by atoms with Gasteiger partial charge in [0.15, 0.2) is 5.82 Å². The third-order valence-electron chi connectivity index (χ3n) is 8.95. The number of amides is 3. The molecule has 42 heavy (non-hydrogen) atoms. The van der Waals surface area contributed by atoms with Gasteiger partial charge in [0.1, 0.15) is 6.04 Å². The lowest BCUT2D eigenvalue weighted by atomic mass is 9.69. The lowest BCUT2D eigenvalue weighted by Gasteiger charge is -2.35. The number of primary amides is 2. The zero-order valence-electron chi connectivity index (χ0n) is 23.1. The number of rotatable bonds is 8. The number of aromatic nitrogens is 2. The molecular formula is C30H31N7O5. The minimum Gasteiger partial charge on any atom is -0.366 e. The highest BCUT2D eigenvalue weighted by molar-refractivity contribution is 5.94. The number of fused-ring (bicyclic) bond motifs is 3. The molecule has 1 aromatic heterocycles. The van der Waals surface area contributed by atoms with Crippen molar-refractivity contribution in [3.05, 3.63) is 86.2 Å². The van der Waals surface area contributed by atoms with Gasteiger partial charge >= 0.3 is 5.76 Å². The number of carbonyl (C=O) groups excluding carboxylic acids is 3. The molecule has 3 amide bonds. The van der Waals surface area contributed by atoms with Gasteiger partial charge in [-0.1, -0.05) is 12.1 Å². The molecule has 1 saturated heterocycles. The molecule has 1 saturated carbocycles. The van der Waals surface area contributed by atoms with Crippen LogP contribution >= 0.6 is 0 Å². The normalized spacial score (nSPS) is 21.4. The summed E-state index contributed by atoms with van der Waals surface area (Å²) in [6.45, 7) is 0.385. The lowest BCUT2D eigenvalue weighted by molar-refractivity contribution is -0.131. The van der Waals surface area contributed by atoms with E-state index in [1.807, 2.05) is 12.1 Å². The Bertz CT molecular complexity index is 1650. The van der Waals surface area contributed by atoms with Gasteiger partial charge < -0.3 is 26.2 Å². The highest BCUT2D eigenvalue weighted by Crippen LogP contribution is 2.48. The van der Waals surface area contributed by atoms with Crippen molar-refractivity contribution in [1.29, 1.82) is 5.26 Å². The van der Waals surface area contributed by atoms with Crippen LogP contribution in [-0.4, -0.2) is 57.5 Å². The van der Waals surface area contributed by atoms with E-state index in [-0.39, 0.29) is 18.5 Å². The molecule has 12 heteroatoms. The van der Waals surface area contributed by atoms with Gasteiger partial charge in [-0.15, -0.1) is 0 Å². The number of nitrogens with zero attached hydrogens (tertiary/aromatic N) is 4. The largest absolute Gasteiger partial charge is 0.459 e. The van der Waals surface area contributed by atoms with Crippen LogP contribution in [0.4, 0.5) is 0 Å². The maximum absolute atomic E-state index is 13.1. The molecule has 2 fully saturated rings.